The van der Waals surface area contributed by atoms with Crippen LogP contribution < -0.4 is 10.6 Å². The first-order chi connectivity index (χ1) is 10.2. The number of carbonyl (C=O) groups excluding carboxylic acids is 2. The van der Waals surface area contributed by atoms with Gasteiger partial charge in [-0.05, 0) is 32.1 Å². The van der Waals surface area contributed by atoms with Crippen molar-refractivity contribution in [3.63, 3.8) is 0 Å². The van der Waals surface area contributed by atoms with Crippen molar-refractivity contribution in [1.82, 2.24) is 15.5 Å². The van der Waals surface area contributed by atoms with Gasteiger partial charge >= 0.3 is 11.8 Å². The minimum atomic E-state index is -0.434. The molecule has 1 saturated heterocycles. The molecule has 5 nitrogen and oxygen atoms in total. The summed E-state index contributed by atoms with van der Waals surface area (Å²) in [4.78, 5) is 26.0. The molecule has 2 aliphatic rings. The summed E-state index contributed by atoms with van der Waals surface area (Å²) >= 11 is 1.84. The van der Waals surface area contributed by atoms with Gasteiger partial charge in [-0.1, -0.05) is 19.3 Å². The van der Waals surface area contributed by atoms with Crippen molar-refractivity contribution in [1.29, 1.82) is 0 Å². The van der Waals surface area contributed by atoms with Crippen LogP contribution in [0.25, 0.3) is 0 Å². The molecule has 2 amide bonds. The largest absolute Gasteiger partial charge is 0.346 e. The van der Waals surface area contributed by atoms with Crippen LogP contribution in [0.4, 0.5) is 0 Å². The second-order valence-corrected chi connectivity index (χ2v) is 7.30. The Bertz CT molecular complexity index is 362. The van der Waals surface area contributed by atoms with Crippen molar-refractivity contribution >= 4 is 23.6 Å². The van der Waals surface area contributed by atoms with Gasteiger partial charge in [0.2, 0.25) is 0 Å². The van der Waals surface area contributed by atoms with Gasteiger partial charge in [0.15, 0.2) is 0 Å². The van der Waals surface area contributed by atoms with Crippen molar-refractivity contribution in [3.05, 3.63) is 0 Å². The molecule has 0 aromatic heterocycles. The molecule has 0 spiro atoms. The van der Waals surface area contributed by atoms with Gasteiger partial charge in [-0.25, -0.2) is 0 Å². The van der Waals surface area contributed by atoms with E-state index in [1.807, 2.05) is 11.8 Å². The second kappa shape index (κ2) is 8.03. The molecule has 1 saturated carbocycles. The number of carbonyl (C=O) groups is 2. The number of nitrogens with zero attached hydrogens (tertiary/aromatic N) is 1. The zero-order valence-electron chi connectivity index (χ0n) is 13.0. The van der Waals surface area contributed by atoms with E-state index in [1.165, 1.54) is 19.3 Å². The fraction of sp³-hybridized carbons (Fsp3) is 0.867. The Morgan fingerprint density at radius 1 is 1.14 bits per heavy atom. The van der Waals surface area contributed by atoms with Gasteiger partial charge in [0.05, 0.1) is 0 Å². The van der Waals surface area contributed by atoms with Gasteiger partial charge in [-0.3, -0.25) is 9.59 Å². The molecule has 0 aromatic rings. The third-order valence-electron chi connectivity index (χ3n) is 4.59. The summed E-state index contributed by atoms with van der Waals surface area (Å²) in [5.41, 5.74) is 0. The topological polar surface area (TPSA) is 61.4 Å². The molecule has 2 N–H and O–H groups in total. The Morgan fingerprint density at radius 3 is 2.62 bits per heavy atom. The van der Waals surface area contributed by atoms with E-state index in [1.54, 1.807) is 4.90 Å². The average Bonchev–Trinajstić information content (AvgIpc) is 2.82. The van der Waals surface area contributed by atoms with Crippen LogP contribution in [-0.2, 0) is 9.59 Å². The van der Waals surface area contributed by atoms with Gasteiger partial charge in [-0.2, -0.15) is 11.8 Å². The predicted octanol–water partition coefficient (Wildman–Crippen LogP) is 0.990. The third kappa shape index (κ3) is 4.61. The minimum Gasteiger partial charge on any atom is -0.346 e. The number of nitrogens with one attached hydrogen (secondary N) is 2. The molecule has 1 aliphatic carbocycles. The lowest BCUT2D eigenvalue weighted by molar-refractivity contribution is -0.145. The maximum absolute atomic E-state index is 12.2. The maximum atomic E-state index is 12.2. The van der Waals surface area contributed by atoms with Gasteiger partial charge < -0.3 is 15.5 Å². The van der Waals surface area contributed by atoms with Crippen LogP contribution >= 0.6 is 11.8 Å². The smallest absolute Gasteiger partial charge is 0.311 e. The predicted molar refractivity (Wildman–Crippen MR) is 86.4 cm³/mol. The molecule has 0 radical (unpaired) electrons. The summed E-state index contributed by atoms with van der Waals surface area (Å²) in [6.07, 6.45) is 9.03. The second-order valence-electron chi connectivity index (χ2n) is 6.03. The number of rotatable bonds is 3. The molecule has 6 heteroatoms. The highest BCUT2D eigenvalue weighted by molar-refractivity contribution is 8.00. The van der Waals surface area contributed by atoms with Crippen LogP contribution in [0, 0.1) is 0 Å². The van der Waals surface area contributed by atoms with Crippen LogP contribution in [0.2, 0.25) is 0 Å². The van der Waals surface area contributed by atoms with Gasteiger partial charge in [0.25, 0.3) is 0 Å². The Balaban J connectivity index is 1.83. The van der Waals surface area contributed by atoms with Crippen molar-refractivity contribution in [2.45, 2.75) is 43.3 Å². The molecule has 21 heavy (non-hydrogen) atoms. The van der Waals surface area contributed by atoms with Crippen LogP contribution in [0.5, 0.6) is 0 Å². The number of hydrogen-bond acceptors (Lipinski definition) is 4. The highest BCUT2D eigenvalue weighted by Crippen LogP contribution is 2.37. The summed E-state index contributed by atoms with van der Waals surface area (Å²) in [6, 6.07) is 0. The van der Waals surface area contributed by atoms with Crippen LogP contribution in [0.1, 0.15) is 38.5 Å². The molecule has 0 aromatic carbocycles. The average molecular weight is 313 g/mol. The van der Waals surface area contributed by atoms with E-state index in [9.17, 15) is 9.59 Å². The summed E-state index contributed by atoms with van der Waals surface area (Å²) < 4.78 is 0.133. The fourth-order valence-electron chi connectivity index (χ4n) is 3.16. The molecule has 120 valence electrons. The quantitative estimate of drug-likeness (QED) is 0.763. The van der Waals surface area contributed by atoms with Crippen molar-refractivity contribution in [3.8, 4) is 0 Å². The molecular formula is C15H27N3O2S. The summed E-state index contributed by atoms with van der Waals surface area (Å²) in [5, 5.41) is 6.13. The lowest BCUT2D eigenvalue weighted by Crippen LogP contribution is -2.48. The molecule has 2 rings (SSSR count). The lowest BCUT2D eigenvalue weighted by atomic mass is 9.88. The first-order valence-electron chi connectivity index (χ1n) is 8.00. The van der Waals surface area contributed by atoms with E-state index < -0.39 is 5.91 Å². The Labute approximate surface area is 131 Å². The summed E-state index contributed by atoms with van der Waals surface area (Å²) in [6.45, 7) is 3.60. The SMILES string of the molecule is CSC1(CNC(=O)C(=O)N2CCCNCC2)CCCCC1. The monoisotopic (exact) mass is 313 g/mol. The first-order valence-corrected chi connectivity index (χ1v) is 9.22. The van der Waals surface area contributed by atoms with E-state index in [-0.39, 0.29) is 10.7 Å². The van der Waals surface area contributed by atoms with E-state index in [0.717, 1.165) is 32.4 Å². The Hall–Kier alpha value is -0.750. The normalized spacial score (nSPS) is 22.4. The zero-order chi connectivity index (χ0) is 15.1. The maximum Gasteiger partial charge on any atom is 0.311 e. The van der Waals surface area contributed by atoms with Crippen molar-refractivity contribution < 1.29 is 9.59 Å². The number of amides is 2. The molecule has 2 fully saturated rings. The van der Waals surface area contributed by atoms with Gasteiger partial charge in [-0.15, -0.1) is 0 Å². The number of thioether (sulfide) groups is 1. The van der Waals surface area contributed by atoms with Crippen LogP contribution in [0.15, 0.2) is 0 Å². The molecule has 0 bridgehead atoms. The molecule has 0 unspecified atom stereocenters. The van der Waals surface area contributed by atoms with E-state index >= 15 is 0 Å². The fourth-order valence-corrected chi connectivity index (χ4v) is 4.07. The van der Waals surface area contributed by atoms with E-state index in [0.29, 0.717) is 19.6 Å². The van der Waals surface area contributed by atoms with Crippen LogP contribution in [-0.4, -0.2) is 60.4 Å². The standard InChI is InChI=1S/C15H27N3O2S/c1-21-15(6-3-2-4-7-15)12-17-13(19)14(20)18-10-5-8-16-9-11-18/h16H,2-12H2,1H3,(H,17,19). The van der Waals surface area contributed by atoms with Crippen molar-refractivity contribution in [2.24, 2.45) is 0 Å². The Kier molecular flexibility index (Phi) is 6.36. The highest BCUT2D eigenvalue weighted by Gasteiger charge is 2.32. The molecular weight excluding hydrogens is 286 g/mol. The van der Waals surface area contributed by atoms with Crippen molar-refractivity contribution in [2.75, 3.05) is 39.0 Å². The van der Waals surface area contributed by atoms with E-state index in [4.69, 9.17) is 0 Å². The van der Waals surface area contributed by atoms with E-state index in [2.05, 4.69) is 16.9 Å². The molecule has 1 aliphatic heterocycles. The number of hydrogen-bond donors (Lipinski definition) is 2. The van der Waals surface area contributed by atoms with Crippen LogP contribution in [0.3, 0.4) is 0 Å². The van der Waals surface area contributed by atoms with Gasteiger partial charge in [0, 0.05) is 30.9 Å². The highest BCUT2D eigenvalue weighted by atomic mass is 32.2. The molecule has 1 heterocycles. The lowest BCUT2D eigenvalue weighted by Gasteiger charge is -2.35. The molecule has 0 atom stereocenters. The summed E-state index contributed by atoms with van der Waals surface area (Å²) in [5.74, 6) is -0.804. The minimum absolute atomic E-state index is 0.133. The third-order valence-corrected chi connectivity index (χ3v) is 6.01. The Morgan fingerprint density at radius 2 is 1.90 bits per heavy atom. The summed E-state index contributed by atoms with van der Waals surface area (Å²) in [7, 11) is 0. The zero-order valence-corrected chi connectivity index (χ0v) is 13.8. The first kappa shape index (κ1) is 16.6. The van der Waals surface area contributed by atoms with Gasteiger partial charge in [0.1, 0.15) is 0 Å².